The molecule has 2 nitrogen and oxygen atoms in total. The lowest BCUT2D eigenvalue weighted by Gasteiger charge is -2.33. The third kappa shape index (κ3) is 5.68. The monoisotopic (exact) mass is 824 g/mol. The zero-order valence-electron chi connectivity index (χ0n) is 33.9. The summed E-state index contributed by atoms with van der Waals surface area (Å²) >= 11 is 1.86. The minimum absolute atomic E-state index is 1.13. The molecule has 0 fully saturated rings. The summed E-state index contributed by atoms with van der Waals surface area (Å²) < 4.78 is 2.61. The Morgan fingerprint density at radius 3 is 1.39 bits per heavy atom. The first-order chi connectivity index (χ1) is 30.8. The molecule has 0 bridgehead atoms. The summed E-state index contributed by atoms with van der Waals surface area (Å²) in [4.78, 5) is 4.90. The molecule has 2 heterocycles. The fourth-order valence-electron chi connectivity index (χ4n) is 10.1. The molecule has 1 aromatic heterocycles. The van der Waals surface area contributed by atoms with Crippen LogP contribution in [0.5, 0.6) is 0 Å². The number of fused-ring (bicyclic) bond motifs is 8. The van der Waals surface area contributed by atoms with E-state index in [-0.39, 0.29) is 0 Å². The Hall–Kier alpha value is -7.50. The molecule has 0 radical (unpaired) electrons. The summed E-state index contributed by atoms with van der Waals surface area (Å²) in [7, 11) is -2.95. The highest BCUT2D eigenvalue weighted by molar-refractivity contribution is 7.25. The Kier molecular flexibility index (Phi) is 8.73. The second-order valence-corrected chi connectivity index (χ2v) is 20.8. The van der Waals surface area contributed by atoms with Crippen LogP contribution >= 0.6 is 11.3 Å². The molecule has 0 amide bonds. The normalized spacial score (nSPS) is 12.6. The summed E-state index contributed by atoms with van der Waals surface area (Å²) in [6.45, 7) is 0. The Morgan fingerprint density at radius 1 is 0.306 bits per heavy atom. The van der Waals surface area contributed by atoms with Crippen molar-refractivity contribution < 1.29 is 0 Å². The van der Waals surface area contributed by atoms with Gasteiger partial charge in [0, 0.05) is 54.0 Å². The number of hydrogen-bond donors (Lipinski definition) is 0. The summed E-state index contributed by atoms with van der Waals surface area (Å²) in [5.41, 5.74) is 9.46. The first-order valence-corrected chi connectivity index (χ1v) is 24.1. The van der Waals surface area contributed by atoms with Gasteiger partial charge in [0.1, 0.15) is 0 Å². The van der Waals surface area contributed by atoms with E-state index in [1.165, 1.54) is 68.5 Å². The van der Waals surface area contributed by atoms with Crippen LogP contribution in [-0.2, 0) is 0 Å². The second-order valence-electron chi connectivity index (χ2n) is 16.0. The average Bonchev–Trinajstić information content (AvgIpc) is 3.87. The van der Waals surface area contributed by atoms with Crippen molar-refractivity contribution in [2.45, 2.75) is 0 Å². The summed E-state index contributed by atoms with van der Waals surface area (Å²) in [5, 5.41) is 10.6. The Bertz CT molecular complexity index is 3330. The molecule has 12 rings (SSSR count). The summed E-state index contributed by atoms with van der Waals surface area (Å²) in [6, 6.07) is 90.0. The van der Waals surface area contributed by atoms with E-state index in [2.05, 4.69) is 252 Å². The van der Waals surface area contributed by atoms with Gasteiger partial charge in [-0.05, 0) is 116 Å². The van der Waals surface area contributed by atoms with Crippen molar-refractivity contribution >= 4 is 105 Å². The molecule has 10 aromatic carbocycles. The molecule has 0 saturated carbocycles. The third-order valence-electron chi connectivity index (χ3n) is 12.7. The van der Waals surface area contributed by atoms with Crippen LogP contribution in [0.2, 0.25) is 0 Å². The lowest BCUT2D eigenvalue weighted by molar-refractivity contribution is 1.29. The van der Waals surface area contributed by atoms with Gasteiger partial charge in [-0.2, -0.15) is 0 Å². The molecule has 0 spiro atoms. The average molecular weight is 825 g/mol. The van der Waals surface area contributed by atoms with Crippen molar-refractivity contribution in [3.63, 3.8) is 0 Å². The van der Waals surface area contributed by atoms with E-state index in [1.807, 2.05) is 11.3 Å². The quantitative estimate of drug-likeness (QED) is 0.141. The Balaban J connectivity index is 1.19. The van der Waals surface area contributed by atoms with Gasteiger partial charge in [-0.25, -0.2) is 0 Å². The first kappa shape index (κ1) is 36.4. The molecule has 4 heteroatoms. The molecule has 0 aliphatic carbocycles. The number of hydrogen-bond acceptors (Lipinski definition) is 3. The van der Waals surface area contributed by atoms with Crippen molar-refractivity contribution in [3.8, 4) is 11.1 Å². The van der Waals surface area contributed by atoms with E-state index in [9.17, 15) is 0 Å². The van der Waals surface area contributed by atoms with Crippen molar-refractivity contribution in [1.82, 2.24) is 0 Å². The fourth-order valence-corrected chi connectivity index (χ4v) is 16.4. The van der Waals surface area contributed by atoms with E-state index in [0.717, 1.165) is 28.4 Å². The highest BCUT2D eigenvalue weighted by atomic mass is 32.1. The maximum atomic E-state index is 2.58. The van der Waals surface area contributed by atoms with Crippen LogP contribution in [-0.4, -0.2) is 8.07 Å². The predicted molar refractivity (Wildman–Crippen MR) is 269 cm³/mol. The summed E-state index contributed by atoms with van der Waals surface area (Å²) in [5.74, 6) is 0. The van der Waals surface area contributed by atoms with Crippen molar-refractivity contribution in [1.29, 1.82) is 0 Å². The highest BCUT2D eigenvalue weighted by Gasteiger charge is 2.50. The van der Waals surface area contributed by atoms with Gasteiger partial charge in [-0.3, -0.25) is 0 Å². The number of benzene rings is 10. The van der Waals surface area contributed by atoms with E-state index in [4.69, 9.17) is 0 Å². The molecule has 11 aromatic rings. The first-order valence-electron chi connectivity index (χ1n) is 21.3. The van der Waals surface area contributed by atoms with E-state index < -0.39 is 8.07 Å². The van der Waals surface area contributed by atoms with Crippen LogP contribution in [0, 0.1) is 0 Å². The minimum atomic E-state index is -2.95. The Morgan fingerprint density at radius 2 is 0.774 bits per heavy atom. The van der Waals surface area contributed by atoms with Crippen LogP contribution in [0.1, 0.15) is 0 Å². The van der Waals surface area contributed by atoms with Gasteiger partial charge >= 0.3 is 0 Å². The van der Waals surface area contributed by atoms with Gasteiger partial charge in [0.2, 0.25) is 0 Å². The van der Waals surface area contributed by atoms with Crippen LogP contribution in [0.15, 0.2) is 243 Å². The molecular weight excluding hydrogens is 785 g/mol. The maximum Gasteiger partial charge on any atom is 0.180 e. The number of rotatable bonds is 8. The predicted octanol–water partition coefficient (Wildman–Crippen LogP) is 13.5. The van der Waals surface area contributed by atoms with Gasteiger partial charge in [0.15, 0.2) is 8.07 Å². The maximum absolute atomic E-state index is 2.95. The number of anilines is 6. The van der Waals surface area contributed by atoms with E-state index >= 15 is 0 Å². The van der Waals surface area contributed by atoms with Gasteiger partial charge in [-0.15, -0.1) is 11.3 Å². The van der Waals surface area contributed by atoms with Crippen molar-refractivity contribution in [3.05, 3.63) is 243 Å². The van der Waals surface area contributed by atoms with Gasteiger partial charge in [-0.1, -0.05) is 164 Å². The third-order valence-corrected chi connectivity index (χ3v) is 18.7. The molecule has 0 saturated heterocycles. The van der Waals surface area contributed by atoms with Gasteiger partial charge in [0.05, 0.1) is 5.69 Å². The standard InChI is InChI=1S/C58H40N2SSi/c1-6-20-41(21-7-1)59(42-22-8-2-9-23-42)44-35-37-56-52(39-44)58-50-32-17-16-30-48(50)53(40-57(58)62(56,46-26-12-4-13-27-46)47-28-14-5-15-29-47)60(43-24-10-3-11-25-43)45-34-36-55-51(38-45)49-31-18-19-33-54(49)61-55/h1-40H. The molecule has 62 heavy (non-hydrogen) atoms. The summed E-state index contributed by atoms with van der Waals surface area (Å²) in [6.07, 6.45) is 0. The minimum Gasteiger partial charge on any atom is -0.310 e. The molecule has 292 valence electrons. The van der Waals surface area contributed by atoms with Crippen molar-refractivity contribution in [2.75, 3.05) is 9.80 Å². The largest absolute Gasteiger partial charge is 0.310 e. The highest BCUT2D eigenvalue weighted by Crippen LogP contribution is 2.47. The lowest BCUT2D eigenvalue weighted by atomic mass is 9.95. The number of nitrogens with zero attached hydrogens (tertiary/aromatic N) is 2. The molecule has 0 unspecified atom stereocenters. The van der Waals surface area contributed by atoms with E-state index in [1.54, 1.807) is 0 Å². The van der Waals surface area contributed by atoms with Gasteiger partial charge < -0.3 is 9.80 Å². The molecule has 1 aliphatic rings. The molecular formula is C58H40N2SSi. The number of thiophene rings is 1. The van der Waals surface area contributed by atoms with E-state index in [0.29, 0.717) is 0 Å². The van der Waals surface area contributed by atoms with Crippen LogP contribution in [0.3, 0.4) is 0 Å². The number of para-hydroxylation sites is 3. The topological polar surface area (TPSA) is 6.48 Å². The van der Waals surface area contributed by atoms with Crippen LogP contribution in [0.25, 0.3) is 42.1 Å². The smallest absolute Gasteiger partial charge is 0.180 e. The van der Waals surface area contributed by atoms with Crippen LogP contribution in [0.4, 0.5) is 34.1 Å². The zero-order chi connectivity index (χ0) is 41.0. The zero-order valence-corrected chi connectivity index (χ0v) is 35.7. The molecule has 1 aliphatic heterocycles. The van der Waals surface area contributed by atoms with Crippen molar-refractivity contribution in [2.24, 2.45) is 0 Å². The molecule has 0 N–H and O–H groups in total. The lowest BCUT2D eigenvalue weighted by Crippen LogP contribution is -2.72. The SMILES string of the molecule is c1ccc(N(c2ccccc2)c2ccc3c(c2)-c2c(cc(N(c4ccccc4)c4ccc5sc6ccccc6c5c4)c4ccccc24)[Si]3(c2ccccc2)c2ccccc2)cc1. The van der Waals surface area contributed by atoms with Crippen LogP contribution < -0.4 is 30.5 Å². The van der Waals surface area contributed by atoms with Gasteiger partial charge in [0.25, 0.3) is 0 Å². The second kappa shape index (κ2) is 14.9. The molecule has 0 atom stereocenters. The Labute approximate surface area is 366 Å². The fraction of sp³-hybridized carbons (Fsp3) is 0.